The molecule has 0 aliphatic rings. The Morgan fingerprint density at radius 3 is 0.811 bits per heavy atom. The van der Waals surface area contributed by atoms with Crippen molar-refractivity contribution in [3.63, 3.8) is 0 Å². The molecule has 2 nitrogen and oxygen atoms in total. The molecule has 53 heavy (non-hydrogen) atoms. The summed E-state index contributed by atoms with van der Waals surface area (Å²) in [5.74, 6) is 0.918. The van der Waals surface area contributed by atoms with Crippen LogP contribution in [0.1, 0.15) is 310 Å². The van der Waals surface area contributed by atoms with Gasteiger partial charge in [0, 0.05) is 6.42 Å². The van der Waals surface area contributed by atoms with E-state index in [0.717, 1.165) is 18.8 Å². The molecular weight excluding hydrogens is 645 g/mol. The van der Waals surface area contributed by atoms with Crippen molar-refractivity contribution in [3.05, 3.63) is 0 Å². The first-order valence-electron chi connectivity index (χ1n) is 25.3. The van der Waals surface area contributed by atoms with Crippen molar-refractivity contribution >= 4 is 5.97 Å². The fourth-order valence-electron chi connectivity index (χ4n) is 8.15. The Morgan fingerprint density at radius 2 is 0.547 bits per heavy atom. The average molecular weight is 747 g/mol. The Bertz CT molecular complexity index is 657. The summed E-state index contributed by atoms with van der Waals surface area (Å²) in [5, 5.41) is 0. The molecular formula is C51H102O2. The van der Waals surface area contributed by atoms with Crippen molar-refractivity contribution < 1.29 is 9.53 Å². The number of hydrogen-bond donors (Lipinski definition) is 0. The van der Waals surface area contributed by atoms with Gasteiger partial charge in [0.1, 0.15) is 0 Å². The lowest BCUT2D eigenvalue weighted by Crippen LogP contribution is -2.05. The van der Waals surface area contributed by atoms with E-state index in [1.54, 1.807) is 0 Å². The van der Waals surface area contributed by atoms with Crippen molar-refractivity contribution in [2.75, 3.05) is 6.61 Å². The van der Waals surface area contributed by atoms with E-state index >= 15 is 0 Å². The van der Waals surface area contributed by atoms with Gasteiger partial charge in [-0.05, 0) is 18.8 Å². The van der Waals surface area contributed by atoms with E-state index in [1.807, 2.05) is 0 Å². The van der Waals surface area contributed by atoms with Crippen LogP contribution in [0.3, 0.4) is 0 Å². The zero-order valence-corrected chi connectivity index (χ0v) is 37.4. The molecule has 0 heterocycles. The van der Waals surface area contributed by atoms with E-state index in [0.29, 0.717) is 13.0 Å². The summed E-state index contributed by atoms with van der Waals surface area (Å²) in [6, 6.07) is 0. The lowest BCUT2D eigenvalue weighted by Gasteiger charge is -2.06. The molecule has 0 aromatic heterocycles. The van der Waals surface area contributed by atoms with Crippen molar-refractivity contribution in [1.82, 2.24) is 0 Å². The van der Waals surface area contributed by atoms with Gasteiger partial charge in [0.25, 0.3) is 0 Å². The highest BCUT2D eigenvalue weighted by Gasteiger charge is 2.03. The molecule has 2 heteroatoms. The number of rotatable bonds is 47. The Balaban J connectivity index is 3.11. The zero-order chi connectivity index (χ0) is 38.4. The van der Waals surface area contributed by atoms with Gasteiger partial charge in [0.15, 0.2) is 0 Å². The molecule has 0 aliphatic carbocycles. The fraction of sp³-hybridized carbons (Fsp3) is 0.980. The van der Waals surface area contributed by atoms with Crippen LogP contribution >= 0.6 is 0 Å². The second-order valence-corrected chi connectivity index (χ2v) is 18.0. The smallest absolute Gasteiger partial charge is 0.305 e. The minimum atomic E-state index is 0.0270. The molecule has 0 aromatic rings. The lowest BCUT2D eigenvalue weighted by molar-refractivity contribution is -0.143. The molecule has 0 saturated heterocycles. The van der Waals surface area contributed by atoms with E-state index in [2.05, 4.69) is 20.8 Å². The molecule has 0 unspecified atom stereocenters. The van der Waals surface area contributed by atoms with Crippen molar-refractivity contribution in [3.8, 4) is 0 Å². The minimum absolute atomic E-state index is 0.0270. The van der Waals surface area contributed by atoms with Crippen LogP contribution in [-0.4, -0.2) is 12.6 Å². The number of unbranched alkanes of at least 4 members (excludes halogenated alkanes) is 41. The Morgan fingerprint density at radius 1 is 0.321 bits per heavy atom. The largest absolute Gasteiger partial charge is 0.466 e. The van der Waals surface area contributed by atoms with Gasteiger partial charge in [-0.1, -0.05) is 290 Å². The third-order valence-corrected chi connectivity index (χ3v) is 11.9. The highest BCUT2D eigenvalue weighted by Crippen LogP contribution is 2.18. The monoisotopic (exact) mass is 747 g/mol. The quantitative estimate of drug-likeness (QED) is 0.0458. The highest BCUT2D eigenvalue weighted by atomic mass is 16.5. The van der Waals surface area contributed by atoms with Gasteiger partial charge in [0.05, 0.1) is 6.61 Å². The highest BCUT2D eigenvalue weighted by molar-refractivity contribution is 5.69. The first-order chi connectivity index (χ1) is 26.2. The molecule has 0 rings (SSSR count). The van der Waals surface area contributed by atoms with Crippen LogP contribution in [0.4, 0.5) is 0 Å². The molecule has 0 saturated carbocycles. The summed E-state index contributed by atoms with van der Waals surface area (Å²) in [6.07, 6.45) is 62.6. The molecule has 0 fully saturated rings. The van der Waals surface area contributed by atoms with Crippen molar-refractivity contribution in [2.45, 2.75) is 310 Å². The number of carbonyl (C=O) groups is 1. The summed E-state index contributed by atoms with van der Waals surface area (Å²) >= 11 is 0. The van der Waals surface area contributed by atoms with Gasteiger partial charge in [-0.25, -0.2) is 0 Å². The Kier molecular flexibility index (Phi) is 47.1. The molecule has 0 atom stereocenters. The first-order valence-corrected chi connectivity index (χ1v) is 25.3. The molecule has 0 amide bonds. The van der Waals surface area contributed by atoms with Gasteiger partial charge in [0.2, 0.25) is 0 Å². The maximum Gasteiger partial charge on any atom is 0.305 e. The Labute approximate surface area is 336 Å². The van der Waals surface area contributed by atoms with Crippen LogP contribution in [0.15, 0.2) is 0 Å². The third-order valence-electron chi connectivity index (χ3n) is 11.9. The normalized spacial score (nSPS) is 11.6. The lowest BCUT2D eigenvalue weighted by atomic mass is 10.0. The molecule has 0 N–H and O–H groups in total. The number of esters is 1. The van der Waals surface area contributed by atoms with Gasteiger partial charge in [-0.2, -0.15) is 0 Å². The van der Waals surface area contributed by atoms with Crippen LogP contribution in [0.25, 0.3) is 0 Å². The maximum absolute atomic E-state index is 11.9. The van der Waals surface area contributed by atoms with Crippen molar-refractivity contribution in [1.29, 1.82) is 0 Å². The summed E-state index contributed by atoms with van der Waals surface area (Å²) in [5.41, 5.74) is 0. The van der Waals surface area contributed by atoms with Crippen LogP contribution in [-0.2, 0) is 9.53 Å². The van der Waals surface area contributed by atoms with E-state index in [-0.39, 0.29) is 5.97 Å². The molecule has 0 radical (unpaired) electrons. The SMILES string of the molecule is CCCCCCCCCCCC(=O)OCCCCCCCCCCCCCCCCCCCCCCCCCCCCCCCCCCCCC(C)C. The van der Waals surface area contributed by atoms with E-state index in [4.69, 9.17) is 4.74 Å². The zero-order valence-electron chi connectivity index (χ0n) is 37.4. The minimum Gasteiger partial charge on any atom is -0.466 e. The van der Waals surface area contributed by atoms with Crippen LogP contribution < -0.4 is 0 Å². The molecule has 0 aliphatic heterocycles. The Hall–Kier alpha value is -0.530. The van der Waals surface area contributed by atoms with Gasteiger partial charge in [-0.3, -0.25) is 4.79 Å². The van der Waals surface area contributed by atoms with Crippen LogP contribution in [0.5, 0.6) is 0 Å². The summed E-state index contributed by atoms with van der Waals surface area (Å²) in [4.78, 5) is 11.9. The molecule has 0 aromatic carbocycles. The number of ether oxygens (including phenoxy) is 1. The number of carbonyl (C=O) groups excluding carboxylic acids is 1. The van der Waals surface area contributed by atoms with Gasteiger partial charge in [-0.15, -0.1) is 0 Å². The molecule has 0 spiro atoms. The van der Waals surface area contributed by atoms with Crippen LogP contribution in [0, 0.1) is 5.92 Å². The number of hydrogen-bond acceptors (Lipinski definition) is 2. The van der Waals surface area contributed by atoms with Gasteiger partial charge < -0.3 is 4.74 Å². The maximum atomic E-state index is 11.9. The van der Waals surface area contributed by atoms with Gasteiger partial charge >= 0.3 is 5.97 Å². The van der Waals surface area contributed by atoms with E-state index in [1.165, 1.54) is 270 Å². The predicted molar refractivity (Wildman–Crippen MR) is 239 cm³/mol. The molecule has 318 valence electrons. The van der Waals surface area contributed by atoms with Crippen molar-refractivity contribution in [2.24, 2.45) is 5.92 Å². The predicted octanol–water partition coefficient (Wildman–Crippen LogP) is 18.8. The summed E-state index contributed by atoms with van der Waals surface area (Å²) in [6.45, 7) is 7.60. The topological polar surface area (TPSA) is 26.3 Å². The van der Waals surface area contributed by atoms with Crippen LogP contribution in [0.2, 0.25) is 0 Å². The standard InChI is InChI=1S/C51H102O2/c1-4-5-6-7-8-35-39-42-45-48-51(52)53-49-46-43-40-37-34-32-30-28-26-24-22-20-18-16-14-12-10-9-11-13-15-17-19-21-23-25-27-29-31-33-36-38-41-44-47-50(2)3/h50H,4-49H2,1-3H3. The third kappa shape index (κ3) is 49.5. The second-order valence-electron chi connectivity index (χ2n) is 18.0. The average Bonchev–Trinajstić information content (AvgIpc) is 3.15. The van der Waals surface area contributed by atoms with E-state index in [9.17, 15) is 4.79 Å². The van der Waals surface area contributed by atoms with E-state index < -0.39 is 0 Å². The summed E-state index contributed by atoms with van der Waals surface area (Å²) in [7, 11) is 0. The fourth-order valence-corrected chi connectivity index (χ4v) is 8.15. The first kappa shape index (κ1) is 52.5. The second kappa shape index (κ2) is 47.6. The summed E-state index contributed by atoms with van der Waals surface area (Å²) < 4.78 is 5.45. The molecule has 0 bridgehead atoms.